The molecule has 0 saturated heterocycles. The van der Waals surface area contributed by atoms with Crippen molar-refractivity contribution in [3.63, 3.8) is 0 Å². The first-order valence-electron chi connectivity index (χ1n) is 12.6. The summed E-state index contributed by atoms with van der Waals surface area (Å²) in [4.78, 5) is 5.01. The summed E-state index contributed by atoms with van der Waals surface area (Å²) in [6.07, 6.45) is 0. The van der Waals surface area contributed by atoms with Crippen LogP contribution in [0.15, 0.2) is 66.7 Å². The van der Waals surface area contributed by atoms with Gasteiger partial charge in [-0.2, -0.15) is 0 Å². The molecule has 4 aromatic rings. The highest BCUT2D eigenvalue weighted by molar-refractivity contribution is 6.90. The van der Waals surface area contributed by atoms with E-state index in [0.717, 1.165) is 28.1 Å². The Labute approximate surface area is 221 Å². The van der Waals surface area contributed by atoms with Crippen LogP contribution in [0.4, 0.5) is 0 Å². The zero-order valence-electron chi connectivity index (χ0n) is 22.3. The normalized spacial score (nSPS) is 11.9. The van der Waals surface area contributed by atoms with Gasteiger partial charge in [-0.05, 0) is 64.0 Å². The van der Waals surface area contributed by atoms with E-state index in [2.05, 4.69) is 100 Å². The molecule has 5 heteroatoms. The molecule has 186 valence electrons. The smallest absolute Gasteiger partial charge is 0.190 e. The van der Waals surface area contributed by atoms with Crippen LogP contribution in [-0.4, -0.2) is 24.7 Å². The van der Waals surface area contributed by atoms with Crippen LogP contribution in [0.3, 0.4) is 0 Å². The lowest BCUT2D eigenvalue weighted by molar-refractivity contribution is 0.415. The number of rotatable bonds is 6. The van der Waals surface area contributed by atoms with E-state index in [1.807, 2.05) is 24.3 Å². The number of hydrogen-bond acceptors (Lipinski definition) is 2. The largest absolute Gasteiger partial charge is 0.495 e. The fourth-order valence-corrected chi connectivity index (χ4v) is 11.1. The van der Waals surface area contributed by atoms with Crippen LogP contribution in [0.1, 0.15) is 47.4 Å². The molecule has 1 heterocycles. The monoisotopic (exact) mass is 514 g/mol. The quantitative estimate of drug-likeness (QED) is 0.189. The van der Waals surface area contributed by atoms with Gasteiger partial charge in [-0.25, -0.2) is 4.98 Å². The van der Waals surface area contributed by atoms with Crippen LogP contribution < -0.4 is 4.74 Å². The molecule has 0 spiro atoms. The number of benzene rings is 3. The van der Waals surface area contributed by atoms with Crippen molar-refractivity contribution in [1.29, 1.82) is 0 Å². The molecule has 0 aliphatic rings. The number of ether oxygens (including phenoxy) is 1. The second-order valence-corrected chi connectivity index (χ2v) is 16.3. The van der Waals surface area contributed by atoms with Gasteiger partial charge >= 0.3 is 0 Å². The van der Waals surface area contributed by atoms with Gasteiger partial charge in [0.1, 0.15) is 13.8 Å². The number of fused-ring (bicyclic) bond motifs is 1. The molecule has 0 unspecified atom stereocenters. The predicted octanol–water partition coefficient (Wildman–Crippen LogP) is 8.92. The molecule has 3 nitrogen and oxygen atoms in total. The van der Waals surface area contributed by atoms with Crippen molar-refractivity contribution in [1.82, 2.24) is 9.55 Å². The van der Waals surface area contributed by atoms with E-state index in [4.69, 9.17) is 21.3 Å². The number of halogens is 1. The zero-order chi connectivity index (χ0) is 26.0. The number of hydrogen-bond donors (Lipinski definition) is 0. The number of nitrogens with zero attached hydrogens (tertiary/aromatic N) is 2. The van der Waals surface area contributed by atoms with Crippen LogP contribution >= 0.6 is 11.6 Å². The highest BCUT2D eigenvalue weighted by Gasteiger charge is 2.41. The van der Waals surface area contributed by atoms with E-state index in [0.29, 0.717) is 27.4 Å². The zero-order valence-corrected chi connectivity index (χ0v) is 24.0. The second kappa shape index (κ2) is 10.5. The van der Waals surface area contributed by atoms with E-state index in [1.165, 1.54) is 5.56 Å². The highest BCUT2D eigenvalue weighted by Crippen LogP contribution is 2.41. The lowest BCUT2D eigenvalue weighted by Gasteiger charge is -2.38. The Morgan fingerprint density at radius 1 is 0.833 bits per heavy atom. The summed E-state index contributed by atoms with van der Waals surface area (Å²) in [5, 5.41) is 0.560. The van der Waals surface area contributed by atoms with Crippen LogP contribution in [0.5, 0.6) is 5.75 Å². The van der Waals surface area contributed by atoms with E-state index >= 15 is 0 Å². The van der Waals surface area contributed by atoms with E-state index in [9.17, 15) is 0 Å². The van der Waals surface area contributed by atoms with E-state index in [1.54, 1.807) is 7.11 Å². The summed E-state index contributed by atoms with van der Waals surface area (Å²) >= 11 is 6.56. The van der Waals surface area contributed by atoms with Crippen molar-refractivity contribution in [2.75, 3.05) is 7.11 Å². The van der Waals surface area contributed by atoms with Crippen molar-refractivity contribution in [2.45, 2.75) is 58.2 Å². The SMILES string of the molecule is COc1ccc(-n2c(C#C[Si](C(C)C)(C(C)C)C(C)C)nc3ccc(-c4ccccc4)cc32)cc1Cl. The molecular weight excluding hydrogens is 480 g/mol. The fraction of sp³-hybridized carbons (Fsp3) is 0.323. The Kier molecular flexibility index (Phi) is 7.64. The average Bonchev–Trinajstić information content (AvgIpc) is 3.21. The molecule has 3 aromatic carbocycles. The van der Waals surface area contributed by atoms with Crippen LogP contribution in [0.2, 0.25) is 21.6 Å². The van der Waals surface area contributed by atoms with Gasteiger partial charge in [0.05, 0.1) is 28.9 Å². The minimum absolute atomic E-state index is 0.544. The Morgan fingerprint density at radius 2 is 1.50 bits per heavy atom. The summed E-state index contributed by atoms with van der Waals surface area (Å²) < 4.78 is 7.54. The van der Waals surface area contributed by atoms with Crippen molar-refractivity contribution >= 4 is 30.7 Å². The van der Waals surface area contributed by atoms with Gasteiger partial charge in [0.25, 0.3) is 0 Å². The standard InChI is InChI=1S/C31H35ClN2OSi/c1-21(2)36(22(3)4,23(5)6)18-17-31-33-28-15-13-25(24-11-9-8-10-12-24)19-29(28)34(31)26-14-16-30(35-7)27(32)20-26/h8-16,19-23H,1-7H3. The topological polar surface area (TPSA) is 27.1 Å². The maximum atomic E-state index is 6.56. The van der Waals surface area contributed by atoms with Crippen LogP contribution in [-0.2, 0) is 0 Å². The van der Waals surface area contributed by atoms with E-state index in [-0.39, 0.29) is 0 Å². The molecule has 0 aliphatic heterocycles. The first-order valence-corrected chi connectivity index (χ1v) is 15.2. The second-order valence-electron chi connectivity index (χ2n) is 10.3. The molecule has 0 amide bonds. The first kappa shape index (κ1) is 26.1. The Hall–Kier alpha value is -3.00. The summed E-state index contributed by atoms with van der Waals surface area (Å²) in [7, 11) is -0.303. The van der Waals surface area contributed by atoms with Gasteiger partial charge in [0.15, 0.2) is 5.82 Å². The highest BCUT2D eigenvalue weighted by atomic mass is 35.5. The van der Waals surface area contributed by atoms with Crippen molar-refractivity contribution in [3.8, 4) is 34.0 Å². The molecule has 0 fully saturated rings. The van der Waals surface area contributed by atoms with Gasteiger partial charge in [-0.1, -0.05) is 89.5 Å². The van der Waals surface area contributed by atoms with Crippen molar-refractivity contribution in [2.24, 2.45) is 0 Å². The predicted molar refractivity (Wildman–Crippen MR) is 156 cm³/mol. The number of methoxy groups -OCH3 is 1. The maximum absolute atomic E-state index is 6.56. The molecular formula is C31H35ClN2OSi. The number of imidazole rings is 1. The summed E-state index contributed by atoms with van der Waals surface area (Å²) in [5.74, 6) is 4.97. The van der Waals surface area contributed by atoms with Crippen molar-refractivity contribution < 1.29 is 4.74 Å². The molecule has 0 radical (unpaired) electrons. The molecule has 0 saturated carbocycles. The lowest BCUT2D eigenvalue weighted by Crippen LogP contribution is -2.43. The Morgan fingerprint density at radius 3 is 2.08 bits per heavy atom. The maximum Gasteiger partial charge on any atom is 0.190 e. The van der Waals surface area contributed by atoms with Crippen LogP contribution in [0.25, 0.3) is 27.8 Å². The third-order valence-electron chi connectivity index (χ3n) is 7.41. The van der Waals surface area contributed by atoms with Gasteiger partial charge in [-0.3, -0.25) is 4.57 Å². The summed E-state index contributed by atoms with van der Waals surface area (Å²) in [5.41, 5.74) is 10.6. The third kappa shape index (κ3) is 4.70. The average molecular weight is 515 g/mol. The molecule has 0 aliphatic carbocycles. The molecule has 4 rings (SSSR count). The summed E-state index contributed by atoms with van der Waals surface area (Å²) in [6.45, 7) is 14.0. The third-order valence-corrected chi connectivity index (χ3v) is 14.0. The minimum atomic E-state index is -1.93. The van der Waals surface area contributed by atoms with Gasteiger partial charge < -0.3 is 4.74 Å². The first-order chi connectivity index (χ1) is 17.2. The number of aromatic nitrogens is 2. The molecule has 0 bridgehead atoms. The Bertz CT molecular complexity index is 1410. The van der Waals surface area contributed by atoms with E-state index < -0.39 is 8.07 Å². The van der Waals surface area contributed by atoms with Gasteiger partial charge in [0, 0.05) is 0 Å². The lowest BCUT2D eigenvalue weighted by atomic mass is 10.1. The van der Waals surface area contributed by atoms with Gasteiger partial charge in [0.2, 0.25) is 0 Å². The Balaban J connectivity index is 1.99. The summed E-state index contributed by atoms with van der Waals surface area (Å²) in [6, 6.07) is 22.7. The molecule has 0 atom stereocenters. The van der Waals surface area contributed by atoms with Crippen LogP contribution in [0, 0.1) is 11.5 Å². The fourth-order valence-electron chi connectivity index (χ4n) is 5.62. The minimum Gasteiger partial charge on any atom is -0.495 e. The molecule has 1 aromatic heterocycles. The van der Waals surface area contributed by atoms with Gasteiger partial charge in [-0.15, -0.1) is 5.54 Å². The molecule has 36 heavy (non-hydrogen) atoms. The molecule has 0 N–H and O–H groups in total. The van der Waals surface area contributed by atoms with Crippen molar-refractivity contribution in [3.05, 3.63) is 77.6 Å².